The lowest BCUT2D eigenvalue weighted by Crippen LogP contribution is -2.42. The number of pyridine rings is 1. The second kappa shape index (κ2) is 6.29. The summed E-state index contributed by atoms with van der Waals surface area (Å²) in [5, 5.41) is 1.24. The summed E-state index contributed by atoms with van der Waals surface area (Å²) in [6, 6.07) is 31.2. The molecule has 0 aliphatic carbocycles. The third kappa shape index (κ3) is 2.42. The SMILES string of the molecule is c1ccc([C@H]2c3nc4ccccc4cc3CN3CCc4ccccc4[C@H]23)cc1. The average molecular weight is 362 g/mol. The number of hydrogen-bond donors (Lipinski definition) is 0. The first-order chi connectivity index (χ1) is 13.9. The molecule has 0 amide bonds. The number of aromatic nitrogens is 1. The topological polar surface area (TPSA) is 16.1 Å². The zero-order valence-corrected chi connectivity index (χ0v) is 15.8. The second-order valence-corrected chi connectivity index (χ2v) is 7.98. The predicted molar refractivity (Wildman–Crippen MR) is 113 cm³/mol. The lowest BCUT2D eigenvalue weighted by molar-refractivity contribution is 0.143. The molecule has 0 fully saturated rings. The van der Waals surface area contributed by atoms with Crippen molar-refractivity contribution >= 4 is 10.9 Å². The maximum atomic E-state index is 5.21. The van der Waals surface area contributed by atoms with Gasteiger partial charge in [-0.15, -0.1) is 0 Å². The van der Waals surface area contributed by atoms with Crippen LogP contribution in [0.1, 0.15) is 39.9 Å². The van der Waals surface area contributed by atoms with Crippen LogP contribution in [-0.2, 0) is 13.0 Å². The molecule has 2 nitrogen and oxygen atoms in total. The Labute approximate surface area is 165 Å². The predicted octanol–water partition coefficient (Wildman–Crippen LogP) is 5.48. The molecule has 3 heterocycles. The Hall–Kier alpha value is -2.97. The summed E-state index contributed by atoms with van der Waals surface area (Å²) in [7, 11) is 0. The van der Waals surface area contributed by atoms with Crippen molar-refractivity contribution in [1.29, 1.82) is 0 Å². The quantitative estimate of drug-likeness (QED) is 0.446. The Balaban J connectivity index is 1.62. The first kappa shape index (κ1) is 16.0. The van der Waals surface area contributed by atoms with Gasteiger partial charge in [0.1, 0.15) is 0 Å². The molecular weight excluding hydrogens is 340 g/mol. The van der Waals surface area contributed by atoms with E-state index in [2.05, 4.69) is 89.8 Å². The summed E-state index contributed by atoms with van der Waals surface area (Å²) in [6.45, 7) is 2.09. The molecule has 3 aromatic carbocycles. The van der Waals surface area contributed by atoms with Gasteiger partial charge >= 0.3 is 0 Å². The minimum absolute atomic E-state index is 0.260. The molecule has 2 heteroatoms. The number of nitrogens with zero attached hydrogens (tertiary/aromatic N) is 2. The van der Waals surface area contributed by atoms with Gasteiger partial charge in [0.05, 0.1) is 11.2 Å². The first-order valence-electron chi connectivity index (χ1n) is 10.1. The van der Waals surface area contributed by atoms with E-state index in [1.807, 2.05) is 0 Å². The van der Waals surface area contributed by atoms with Crippen LogP contribution in [0.5, 0.6) is 0 Å². The molecule has 2 aliphatic heterocycles. The van der Waals surface area contributed by atoms with Gasteiger partial charge < -0.3 is 0 Å². The summed E-state index contributed by atoms with van der Waals surface area (Å²) >= 11 is 0. The number of hydrogen-bond acceptors (Lipinski definition) is 2. The fourth-order valence-corrected chi connectivity index (χ4v) is 5.16. The minimum Gasteiger partial charge on any atom is -0.291 e. The molecule has 2 atom stereocenters. The number of fused-ring (bicyclic) bond motifs is 5. The Morgan fingerprint density at radius 3 is 2.50 bits per heavy atom. The van der Waals surface area contributed by atoms with Gasteiger partial charge in [0.2, 0.25) is 0 Å². The second-order valence-electron chi connectivity index (χ2n) is 7.98. The van der Waals surface area contributed by atoms with E-state index in [0.717, 1.165) is 25.0 Å². The van der Waals surface area contributed by atoms with Crippen molar-refractivity contribution in [2.75, 3.05) is 6.54 Å². The molecule has 2 aliphatic rings. The molecule has 0 bridgehead atoms. The van der Waals surface area contributed by atoms with Crippen LogP contribution in [0.15, 0.2) is 84.9 Å². The molecule has 0 saturated carbocycles. The zero-order chi connectivity index (χ0) is 18.5. The van der Waals surface area contributed by atoms with Crippen LogP contribution < -0.4 is 0 Å². The maximum absolute atomic E-state index is 5.21. The molecule has 4 aromatic rings. The molecule has 6 rings (SSSR count). The van der Waals surface area contributed by atoms with Crippen LogP contribution in [-0.4, -0.2) is 16.4 Å². The summed E-state index contributed by atoms with van der Waals surface area (Å²) in [6.07, 6.45) is 1.13. The van der Waals surface area contributed by atoms with E-state index >= 15 is 0 Å². The minimum atomic E-state index is 0.260. The zero-order valence-electron chi connectivity index (χ0n) is 15.8. The molecule has 1 aromatic heterocycles. The first-order valence-corrected chi connectivity index (χ1v) is 10.1. The highest BCUT2D eigenvalue weighted by atomic mass is 15.2. The van der Waals surface area contributed by atoms with Crippen molar-refractivity contribution in [2.24, 2.45) is 0 Å². The summed E-state index contributed by atoms with van der Waals surface area (Å²) in [4.78, 5) is 7.88. The van der Waals surface area contributed by atoms with Crippen LogP contribution in [0.2, 0.25) is 0 Å². The van der Waals surface area contributed by atoms with Crippen LogP contribution in [0.25, 0.3) is 10.9 Å². The van der Waals surface area contributed by atoms with Gasteiger partial charge in [-0.25, -0.2) is 0 Å². The number of para-hydroxylation sites is 1. The van der Waals surface area contributed by atoms with Gasteiger partial charge in [0, 0.05) is 30.4 Å². The van der Waals surface area contributed by atoms with Crippen molar-refractivity contribution < 1.29 is 0 Å². The van der Waals surface area contributed by atoms with Crippen molar-refractivity contribution in [3.05, 3.63) is 113 Å². The van der Waals surface area contributed by atoms with E-state index in [1.54, 1.807) is 0 Å². The van der Waals surface area contributed by atoms with Gasteiger partial charge in [0.15, 0.2) is 0 Å². The average Bonchev–Trinajstić information content (AvgIpc) is 2.76. The monoisotopic (exact) mass is 362 g/mol. The highest BCUT2D eigenvalue weighted by molar-refractivity contribution is 5.79. The van der Waals surface area contributed by atoms with Crippen molar-refractivity contribution in [2.45, 2.75) is 24.9 Å². The highest BCUT2D eigenvalue weighted by Gasteiger charge is 2.40. The van der Waals surface area contributed by atoms with Gasteiger partial charge in [0.25, 0.3) is 0 Å². The summed E-state index contributed by atoms with van der Waals surface area (Å²) in [5.41, 5.74) is 8.06. The van der Waals surface area contributed by atoms with Crippen molar-refractivity contribution in [3.63, 3.8) is 0 Å². The Morgan fingerprint density at radius 1 is 0.786 bits per heavy atom. The highest BCUT2D eigenvalue weighted by Crippen LogP contribution is 2.48. The van der Waals surface area contributed by atoms with Crippen LogP contribution in [0, 0.1) is 0 Å². The molecule has 0 spiro atoms. The van der Waals surface area contributed by atoms with E-state index in [4.69, 9.17) is 4.98 Å². The molecule has 0 unspecified atom stereocenters. The lowest BCUT2D eigenvalue weighted by Gasteiger charge is -2.46. The fourth-order valence-electron chi connectivity index (χ4n) is 5.16. The van der Waals surface area contributed by atoms with Gasteiger partial charge in [-0.1, -0.05) is 72.8 Å². The molecule has 0 saturated heterocycles. The Kier molecular flexibility index (Phi) is 3.60. The van der Waals surface area contributed by atoms with Gasteiger partial charge in [-0.3, -0.25) is 9.88 Å². The number of rotatable bonds is 1. The fraction of sp³-hybridized carbons (Fsp3) is 0.192. The third-order valence-corrected chi connectivity index (χ3v) is 6.41. The molecular formula is C26H22N2. The number of benzene rings is 3. The van der Waals surface area contributed by atoms with E-state index < -0.39 is 0 Å². The molecule has 136 valence electrons. The largest absolute Gasteiger partial charge is 0.291 e. The maximum Gasteiger partial charge on any atom is 0.0705 e. The molecule has 0 radical (unpaired) electrons. The molecule has 0 N–H and O–H groups in total. The molecule has 28 heavy (non-hydrogen) atoms. The Bertz CT molecular complexity index is 1170. The Morgan fingerprint density at radius 2 is 1.57 bits per heavy atom. The van der Waals surface area contributed by atoms with Crippen molar-refractivity contribution in [3.8, 4) is 0 Å². The van der Waals surface area contributed by atoms with E-state index in [9.17, 15) is 0 Å². The van der Waals surface area contributed by atoms with E-state index in [1.165, 1.54) is 33.3 Å². The van der Waals surface area contributed by atoms with E-state index in [0.29, 0.717) is 6.04 Å². The summed E-state index contributed by atoms with van der Waals surface area (Å²) < 4.78 is 0. The standard InChI is InChI=1S/C26H22N2/c1-2-9-19(10-3-1)24-25-21(16-20-11-5-7-13-23(20)27-25)17-28-15-14-18-8-4-6-12-22(18)26(24)28/h1-13,16,24,26H,14-15,17H2/t24-,26+/m0/s1. The van der Waals surface area contributed by atoms with Gasteiger partial charge in [-0.2, -0.15) is 0 Å². The third-order valence-electron chi connectivity index (χ3n) is 6.41. The van der Waals surface area contributed by atoms with Crippen LogP contribution in [0.3, 0.4) is 0 Å². The van der Waals surface area contributed by atoms with E-state index in [-0.39, 0.29) is 5.92 Å². The van der Waals surface area contributed by atoms with Crippen LogP contribution >= 0.6 is 0 Å². The normalized spacial score (nSPS) is 21.0. The smallest absolute Gasteiger partial charge is 0.0705 e. The van der Waals surface area contributed by atoms with Crippen molar-refractivity contribution in [1.82, 2.24) is 9.88 Å². The van der Waals surface area contributed by atoms with Crippen LogP contribution in [0.4, 0.5) is 0 Å². The lowest BCUT2D eigenvalue weighted by atomic mass is 9.75. The summed E-state index contributed by atoms with van der Waals surface area (Å²) in [5.74, 6) is 0.260. The van der Waals surface area contributed by atoms with Gasteiger partial charge in [-0.05, 0) is 40.8 Å².